The molecule has 1 aromatic carbocycles. The second-order valence-electron chi connectivity index (χ2n) is 9.03. The monoisotopic (exact) mass is 499 g/mol. The summed E-state index contributed by atoms with van der Waals surface area (Å²) >= 11 is 0. The maximum Gasteiger partial charge on any atom is 0.251 e. The molecule has 1 fully saturated rings. The van der Waals surface area contributed by atoms with Crippen LogP contribution in [0.15, 0.2) is 48.9 Å². The van der Waals surface area contributed by atoms with Crippen LogP contribution in [0.25, 0.3) is 33.5 Å². The number of nitrogen functional groups attached to an aromatic ring is 1. The second-order valence-corrected chi connectivity index (χ2v) is 9.03. The summed E-state index contributed by atoms with van der Waals surface area (Å²) in [5.74, 6) is 1.30. The number of nitrogens with zero attached hydrogens (tertiary/aromatic N) is 7. The van der Waals surface area contributed by atoms with Gasteiger partial charge in [0.2, 0.25) is 5.95 Å². The Morgan fingerprint density at radius 1 is 1.03 bits per heavy atom. The molecule has 1 aliphatic heterocycles. The molecule has 0 saturated carbocycles. The third-order valence-electron chi connectivity index (χ3n) is 6.06. The summed E-state index contributed by atoms with van der Waals surface area (Å²) in [6.45, 7) is 4.00. The van der Waals surface area contributed by atoms with Gasteiger partial charge in [0.1, 0.15) is 5.52 Å². The quantitative estimate of drug-likeness (QED) is 0.388. The van der Waals surface area contributed by atoms with Crippen molar-refractivity contribution in [3.8, 4) is 22.5 Å². The van der Waals surface area contributed by atoms with Crippen molar-refractivity contribution < 1.29 is 9.53 Å². The molecule has 0 radical (unpaired) electrons. The Morgan fingerprint density at radius 3 is 2.54 bits per heavy atom. The molecule has 4 heterocycles. The lowest BCUT2D eigenvalue weighted by molar-refractivity contribution is 0.0951. The average molecular weight is 500 g/mol. The van der Waals surface area contributed by atoms with E-state index in [0.717, 1.165) is 23.5 Å². The third-order valence-corrected chi connectivity index (χ3v) is 6.06. The van der Waals surface area contributed by atoms with Crippen LogP contribution in [0.3, 0.4) is 0 Å². The molecule has 1 aliphatic rings. The molecular formula is C26H29N9O2. The molecule has 0 aliphatic carbocycles. The van der Waals surface area contributed by atoms with Crippen LogP contribution >= 0.6 is 0 Å². The summed E-state index contributed by atoms with van der Waals surface area (Å²) in [6.07, 6.45) is 5.02. The van der Waals surface area contributed by atoms with Gasteiger partial charge >= 0.3 is 0 Å². The van der Waals surface area contributed by atoms with Crippen LogP contribution in [0, 0.1) is 0 Å². The Labute approximate surface area is 214 Å². The molecule has 37 heavy (non-hydrogen) atoms. The first-order valence-corrected chi connectivity index (χ1v) is 12.1. The summed E-state index contributed by atoms with van der Waals surface area (Å²) < 4.78 is 5.53. The van der Waals surface area contributed by atoms with Crippen molar-refractivity contribution in [2.45, 2.75) is 0 Å². The molecule has 1 saturated heterocycles. The van der Waals surface area contributed by atoms with Crippen LogP contribution in [-0.2, 0) is 4.74 Å². The number of fused-ring (bicyclic) bond motifs is 1. The highest BCUT2D eigenvalue weighted by molar-refractivity contribution is 5.96. The van der Waals surface area contributed by atoms with Crippen molar-refractivity contribution >= 4 is 28.7 Å². The number of nitrogens with one attached hydrogen (secondary N) is 1. The molecule has 1 amide bonds. The highest BCUT2D eigenvalue weighted by atomic mass is 16.5. The van der Waals surface area contributed by atoms with E-state index in [2.05, 4.69) is 20.2 Å². The van der Waals surface area contributed by atoms with Crippen LogP contribution in [-0.4, -0.2) is 89.2 Å². The predicted octanol–water partition coefficient (Wildman–Crippen LogP) is 1.86. The second kappa shape index (κ2) is 10.8. The van der Waals surface area contributed by atoms with Gasteiger partial charge in [-0.1, -0.05) is 12.1 Å². The number of morpholine rings is 1. The van der Waals surface area contributed by atoms with Crippen molar-refractivity contribution in [3.63, 3.8) is 0 Å². The molecule has 0 bridgehead atoms. The smallest absolute Gasteiger partial charge is 0.251 e. The minimum atomic E-state index is -0.111. The largest absolute Gasteiger partial charge is 0.378 e. The van der Waals surface area contributed by atoms with Crippen LogP contribution in [0.4, 0.5) is 11.8 Å². The van der Waals surface area contributed by atoms with E-state index in [1.54, 1.807) is 24.7 Å². The van der Waals surface area contributed by atoms with Crippen molar-refractivity contribution in [1.82, 2.24) is 35.1 Å². The van der Waals surface area contributed by atoms with Gasteiger partial charge < -0.3 is 25.6 Å². The molecule has 3 aromatic heterocycles. The Hall–Kier alpha value is -4.22. The van der Waals surface area contributed by atoms with Gasteiger partial charge in [-0.15, -0.1) is 0 Å². The lowest BCUT2D eigenvalue weighted by Gasteiger charge is -2.28. The number of aromatic nitrogens is 5. The zero-order chi connectivity index (χ0) is 25.8. The number of hydrogen-bond acceptors (Lipinski definition) is 10. The fraction of sp³-hybridized carbons (Fsp3) is 0.308. The Balaban J connectivity index is 1.53. The van der Waals surface area contributed by atoms with Crippen LogP contribution in [0.5, 0.6) is 0 Å². The molecule has 0 spiro atoms. The van der Waals surface area contributed by atoms with E-state index < -0.39 is 0 Å². The summed E-state index contributed by atoms with van der Waals surface area (Å²) in [5.41, 5.74) is 10.0. The zero-order valence-corrected chi connectivity index (χ0v) is 20.9. The molecular weight excluding hydrogens is 470 g/mol. The average Bonchev–Trinajstić information content (AvgIpc) is 2.93. The van der Waals surface area contributed by atoms with Gasteiger partial charge in [-0.25, -0.2) is 19.9 Å². The molecule has 4 aromatic rings. The number of carbonyl (C=O) groups excluding carboxylic acids is 1. The number of pyridine rings is 1. The maximum atomic E-state index is 12.7. The summed E-state index contributed by atoms with van der Waals surface area (Å²) in [7, 11) is 3.94. The maximum absolute atomic E-state index is 12.7. The lowest BCUT2D eigenvalue weighted by atomic mass is 10.0. The van der Waals surface area contributed by atoms with Gasteiger partial charge in [0.05, 0.1) is 24.3 Å². The minimum absolute atomic E-state index is 0.111. The molecule has 3 N–H and O–H groups in total. The van der Waals surface area contributed by atoms with Gasteiger partial charge in [0, 0.05) is 55.9 Å². The number of amides is 1. The van der Waals surface area contributed by atoms with Gasteiger partial charge in [-0.2, -0.15) is 0 Å². The van der Waals surface area contributed by atoms with E-state index in [-0.39, 0.29) is 11.9 Å². The number of rotatable bonds is 7. The van der Waals surface area contributed by atoms with Gasteiger partial charge in [0.25, 0.3) is 5.91 Å². The highest BCUT2D eigenvalue weighted by Crippen LogP contribution is 2.30. The highest BCUT2D eigenvalue weighted by Gasteiger charge is 2.20. The van der Waals surface area contributed by atoms with Gasteiger partial charge in [-0.3, -0.25) is 9.78 Å². The Kier molecular flexibility index (Phi) is 7.15. The van der Waals surface area contributed by atoms with E-state index in [1.165, 1.54) is 0 Å². The van der Waals surface area contributed by atoms with Crippen LogP contribution in [0.2, 0.25) is 0 Å². The van der Waals surface area contributed by atoms with E-state index in [0.29, 0.717) is 60.8 Å². The first kappa shape index (κ1) is 24.5. The van der Waals surface area contributed by atoms with Crippen molar-refractivity contribution in [1.29, 1.82) is 0 Å². The summed E-state index contributed by atoms with van der Waals surface area (Å²) in [6, 6.07) is 9.47. The fourth-order valence-electron chi connectivity index (χ4n) is 4.07. The molecule has 11 heteroatoms. The number of ether oxygens (including phenoxy) is 1. The van der Waals surface area contributed by atoms with E-state index in [1.807, 2.05) is 43.3 Å². The zero-order valence-electron chi connectivity index (χ0n) is 20.9. The SMILES string of the molecule is CN(C)CCNC(=O)c1cccc(-c2cnc3c(N4CCOCC4)nc(-c4cnc(N)nc4)nc3c2)c1. The van der Waals surface area contributed by atoms with Crippen molar-refractivity contribution in [2.24, 2.45) is 0 Å². The fourth-order valence-corrected chi connectivity index (χ4v) is 4.07. The molecule has 11 nitrogen and oxygen atoms in total. The number of carbonyl (C=O) groups is 1. The standard InChI is InChI=1S/C26H29N9O2/c1-34(2)7-6-28-25(36)18-5-3-4-17(12-18)19-13-21-22(29-14-19)24(35-8-10-37-11-9-35)33-23(32-21)20-15-30-26(27)31-16-20/h3-5,12-16H,6-11H2,1-2H3,(H,28,36)(H2,27,30,31). The van der Waals surface area contributed by atoms with Gasteiger partial charge in [0.15, 0.2) is 11.6 Å². The Bertz CT molecular complexity index is 1400. The topological polar surface area (TPSA) is 135 Å². The number of benzene rings is 1. The number of hydrogen-bond donors (Lipinski definition) is 2. The van der Waals surface area contributed by atoms with Gasteiger partial charge in [-0.05, 0) is 37.9 Å². The van der Waals surface area contributed by atoms with E-state index in [4.69, 9.17) is 25.4 Å². The molecule has 0 unspecified atom stereocenters. The number of nitrogens with two attached hydrogens (primary N) is 1. The molecule has 0 atom stereocenters. The number of anilines is 2. The Morgan fingerprint density at radius 2 is 1.78 bits per heavy atom. The van der Waals surface area contributed by atoms with E-state index in [9.17, 15) is 4.79 Å². The molecule has 190 valence electrons. The summed E-state index contributed by atoms with van der Waals surface area (Å²) in [5, 5.41) is 2.96. The van der Waals surface area contributed by atoms with Crippen LogP contribution < -0.4 is 16.0 Å². The van der Waals surface area contributed by atoms with E-state index >= 15 is 0 Å². The first-order chi connectivity index (χ1) is 18.0. The van der Waals surface area contributed by atoms with Crippen molar-refractivity contribution in [2.75, 3.05) is 64.1 Å². The minimum Gasteiger partial charge on any atom is -0.378 e. The third kappa shape index (κ3) is 5.63. The van der Waals surface area contributed by atoms with Crippen LogP contribution in [0.1, 0.15) is 10.4 Å². The normalized spacial score (nSPS) is 13.8. The first-order valence-electron chi connectivity index (χ1n) is 12.1. The summed E-state index contributed by atoms with van der Waals surface area (Å²) in [4.78, 5) is 39.4. The lowest BCUT2D eigenvalue weighted by Crippen LogP contribution is -2.37. The van der Waals surface area contributed by atoms with Crippen molar-refractivity contribution in [3.05, 3.63) is 54.5 Å². The molecule has 5 rings (SSSR count). The number of likely N-dealkylation sites (N-methyl/N-ethyl adjacent to an activating group) is 1. The predicted molar refractivity (Wildman–Crippen MR) is 142 cm³/mol.